The molecule has 3 rings (SSSR count). The van der Waals surface area contributed by atoms with Crippen molar-refractivity contribution in [2.75, 3.05) is 0 Å². The molecule has 1 heterocycles. The Morgan fingerprint density at radius 2 is 2.05 bits per heavy atom. The van der Waals surface area contributed by atoms with E-state index in [1.807, 2.05) is 24.3 Å². The summed E-state index contributed by atoms with van der Waals surface area (Å²) in [6, 6.07) is 6.65. The van der Waals surface area contributed by atoms with Gasteiger partial charge in [0.05, 0.1) is 5.02 Å². The van der Waals surface area contributed by atoms with Crippen molar-refractivity contribution in [3.63, 3.8) is 0 Å². The average molecular weight is 310 g/mol. The number of nitrogens with one attached hydrogen (secondary N) is 1. The van der Waals surface area contributed by atoms with Gasteiger partial charge in [-0.1, -0.05) is 29.8 Å². The molecule has 0 radical (unpaired) electrons. The van der Waals surface area contributed by atoms with Crippen LogP contribution in [0, 0.1) is 5.92 Å². The Kier molecular flexibility index (Phi) is 3.40. The number of hydrogen-bond donors (Lipinski definition) is 2. The van der Waals surface area contributed by atoms with Crippen LogP contribution in [0.3, 0.4) is 0 Å². The quantitative estimate of drug-likeness (QED) is 0.911. The third-order valence-electron chi connectivity index (χ3n) is 3.39. The zero-order valence-corrected chi connectivity index (χ0v) is 12.0. The van der Waals surface area contributed by atoms with Crippen LogP contribution in [0.1, 0.15) is 22.5 Å². The Morgan fingerprint density at radius 1 is 1.35 bits per heavy atom. The number of aliphatic carboxylic acids is 1. The summed E-state index contributed by atoms with van der Waals surface area (Å²) in [6.07, 6.45) is 1.69. The summed E-state index contributed by atoms with van der Waals surface area (Å²) in [4.78, 5) is 23.8. The number of carbonyl (C=O) groups is 2. The fourth-order valence-corrected chi connectivity index (χ4v) is 3.60. The van der Waals surface area contributed by atoms with E-state index in [4.69, 9.17) is 16.7 Å². The highest BCUT2D eigenvalue weighted by Crippen LogP contribution is 2.36. The molecule has 0 unspecified atom stereocenters. The number of rotatable bonds is 4. The Balaban J connectivity index is 1.88. The van der Waals surface area contributed by atoms with Crippen LogP contribution < -0.4 is 5.32 Å². The first-order valence-electron chi connectivity index (χ1n) is 6.28. The van der Waals surface area contributed by atoms with Gasteiger partial charge in [0.15, 0.2) is 0 Å². The molecule has 1 atom stereocenters. The first kappa shape index (κ1) is 13.4. The second kappa shape index (κ2) is 5.07. The lowest BCUT2D eigenvalue weighted by Crippen LogP contribution is -2.42. The zero-order valence-electron chi connectivity index (χ0n) is 10.4. The third kappa shape index (κ3) is 2.39. The Hall–Kier alpha value is -1.59. The second-order valence-corrected chi connectivity index (χ2v) is 6.30. The van der Waals surface area contributed by atoms with Crippen molar-refractivity contribution in [1.82, 2.24) is 5.32 Å². The van der Waals surface area contributed by atoms with Gasteiger partial charge in [-0.15, -0.1) is 11.3 Å². The number of amides is 1. The predicted molar refractivity (Wildman–Crippen MR) is 78.4 cm³/mol. The van der Waals surface area contributed by atoms with E-state index in [1.165, 1.54) is 11.3 Å². The summed E-state index contributed by atoms with van der Waals surface area (Å²) in [5, 5.41) is 12.9. The predicted octanol–water partition coefficient (Wildman–Crippen LogP) is 3.15. The van der Waals surface area contributed by atoms with Crippen LogP contribution in [0.25, 0.3) is 10.1 Å². The highest BCUT2D eigenvalue weighted by Gasteiger charge is 2.37. The van der Waals surface area contributed by atoms with E-state index < -0.39 is 17.9 Å². The number of hydrogen-bond acceptors (Lipinski definition) is 3. The summed E-state index contributed by atoms with van der Waals surface area (Å²) in [7, 11) is 0. The van der Waals surface area contributed by atoms with E-state index in [1.54, 1.807) is 0 Å². The van der Waals surface area contributed by atoms with E-state index >= 15 is 0 Å². The fourth-order valence-electron chi connectivity index (χ4n) is 2.18. The smallest absolute Gasteiger partial charge is 0.326 e. The lowest BCUT2D eigenvalue weighted by atomic mass is 10.2. The van der Waals surface area contributed by atoms with Crippen molar-refractivity contribution in [2.45, 2.75) is 18.9 Å². The number of carbonyl (C=O) groups excluding carboxylic acids is 1. The number of benzene rings is 1. The van der Waals surface area contributed by atoms with Crippen LogP contribution in [0.15, 0.2) is 24.3 Å². The van der Waals surface area contributed by atoms with E-state index in [-0.39, 0.29) is 5.92 Å². The normalized spacial score (nSPS) is 16.1. The van der Waals surface area contributed by atoms with Crippen molar-refractivity contribution in [3.05, 3.63) is 34.2 Å². The van der Waals surface area contributed by atoms with Gasteiger partial charge in [0.25, 0.3) is 5.91 Å². The monoisotopic (exact) mass is 309 g/mol. The molecule has 0 saturated heterocycles. The largest absolute Gasteiger partial charge is 0.480 e. The van der Waals surface area contributed by atoms with Gasteiger partial charge in [-0.25, -0.2) is 4.79 Å². The molecule has 1 saturated carbocycles. The summed E-state index contributed by atoms with van der Waals surface area (Å²) in [5.74, 6) is -1.35. The summed E-state index contributed by atoms with van der Waals surface area (Å²) < 4.78 is 0.918. The van der Waals surface area contributed by atoms with Crippen molar-refractivity contribution in [3.8, 4) is 0 Å². The SMILES string of the molecule is O=C(N[C@@H](C(=O)O)C1CC1)c1sc2ccccc2c1Cl. The minimum Gasteiger partial charge on any atom is -0.480 e. The summed E-state index contributed by atoms with van der Waals surface area (Å²) in [5.41, 5.74) is 0. The average Bonchev–Trinajstić information content (AvgIpc) is 3.20. The molecule has 1 amide bonds. The first-order chi connectivity index (χ1) is 9.58. The molecule has 104 valence electrons. The zero-order chi connectivity index (χ0) is 14.3. The van der Waals surface area contributed by atoms with Gasteiger partial charge in [-0.05, 0) is 24.8 Å². The molecule has 0 bridgehead atoms. The van der Waals surface area contributed by atoms with E-state index in [0.717, 1.165) is 22.9 Å². The standard InChI is InChI=1S/C14H12ClNO3S/c15-10-8-3-1-2-4-9(8)20-12(10)13(17)16-11(14(18)19)7-5-6-7/h1-4,7,11H,5-6H2,(H,16,17)(H,18,19)/t11-/m1/s1. The van der Waals surface area contributed by atoms with E-state index in [2.05, 4.69) is 5.32 Å². The van der Waals surface area contributed by atoms with Gasteiger partial charge in [-0.3, -0.25) is 4.79 Å². The molecule has 6 heteroatoms. The van der Waals surface area contributed by atoms with Crippen LogP contribution >= 0.6 is 22.9 Å². The highest BCUT2D eigenvalue weighted by atomic mass is 35.5. The molecular weight excluding hydrogens is 298 g/mol. The minimum atomic E-state index is -0.988. The number of fused-ring (bicyclic) bond motifs is 1. The van der Waals surface area contributed by atoms with E-state index in [0.29, 0.717) is 9.90 Å². The molecule has 1 aromatic heterocycles. The van der Waals surface area contributed by atoms with Gasteiger partial charge in [-0.2, -0.15) is 0 Å². The molecule has 1 aromatic carbocycles. The van der Waals surface area contributed by atoms with Crippen molar-refractivity contribution in [2.24, 2.45) is 5.92 Å². The maximum atomic E-state index is 12.2. The maximum absolute atomic E-state index is 12.2. The van der Waals surface area contributed by atoms with E-state index in [9.17, 15) is 9.59 Å². The summed E-state index contributed by atoms with van der Waals surface area (Å²) in [6.45, 7) is 0. The summed E-state index contributed by atoms with van der Waals surface area (Å²) >= 11 is 7.49. The number of halogens is 1. The van der Waals surface area contributed by atoms with Gasteiger partial charge in [0.1, 0.15) is 10.9 Å². The minimum absolute atomic E-state index is 0.0459. The molecule has 4 nitrogen and oxygen atoms in total. The molecule has 2 N–H and O–H groups in total. The van der Waals surface area contributed by atoms with Crippen LogP contribution in [0.2, 0.25) is 5.02 Å². The molecule has 20 heavy (non-hydrogen) atoms. The van der Waals surface area contributed by atoms with Crippen molar-refractivity contribution < 1.29 is 14.7 Å². The number of thiophene rings is 1. The van der Waals surface area contributed by atoms with Crippen LogP contribution in [-0.2, 0) is 4.79 Å². The lowest BCUT2D eigenvalue weighted by Gasteiger charge is -2.12. The molecule has 2 aromatic rings. The van der Waals surface area contributed by atoms with Crippen LogP contribution in [-0.4, -0.2) is 23.0 Å². The Bertz CT molecular complexity index is 693. The van der Waals surface area contributed by atoms with Crippen molar-refractivity contribution in [1.29, 1.82) is 0 Å². The third-order valence-corrected chi connectivity index (χ3v) is 5.06. The maximum Gasteiger partial charge on any atom is 0.326 e. The fraction of sp³-hybridized carbons (Fsp3) is 0.286. The molecule has 0 aliphatic heterocycles. The number of carboxylic acid groups (broad SMARTS) is 1. The Labute approximate surface area is 124 Å². The molecule has 1 aliphatic rings. The van der Waals surface area contributed by atoms with Gasteiger partial charge in [0, 0.05) is 10.1 Å². The number of carboxylic acids is 1. The lowest BCUT2D eigenvalue weighted by molar-refractivity contribution is -0.139. The molecule has 1 aliphatic carbocycles. The first-order valence-corrected chi connectivity index (χ1v) is 7.48. The van der Waals surface area contributed by atoms with Gasteiger partial charge in [0.2, 0.25) is 0 Å². The van der Waals surface area contributed by atoms with Crippen LogP contribution in [0.5, 0.6) is 0 Å². The van der Waals surface area contributed by atoms with Gasteiger partial charge < -0.3 is 10.4 Å². The molecule has 0 spiro atoms. The van der Waals surface area contributed by atoms with Crippen LogP contribution in [0.4, 0.5) is 0 Å². The van der Waals surface area contributed by atoms with Crippen molar-refractivity contribution >= 4 is 44.9 Å². The molecule has 1 fully saturated rings. The second-order valence-electron chi connectivity index (χ2n) is 4.87. The topological polar surface area (TPSA) is 66.4 Å². The molecular formula is C14H12ClNO3S. The highest BCUT2D eigenvalue weighted by molar-refractivity contribution is 7.21. The Morgan fingerprint density at radius 3 is 2.65 bits per heavy atom. The van der Waals surface area contributed by atoms with Gasteiger partial charge >= 0.3 is 5.97 Å².